The number of ether oxygens (including phenoxy) is 2. The summed E-state index contributed by atoms with van der Waals surface area (Å²) in [6, 6.07) is 0. The molecule has 0 amide bonds. The fraction of sp³-hybridized carbons (Fsp3) is 0.892. The van der Waals surface area contributed by atoms with Gasteiger partial charge in [-0.3, -0.25) is 14.1 Å². The average Bonchev–Trinajstić information content (AvgIpc) is 3.02. The van der Waals surface area contributed by atoms with Gasteiger partial charge in [-0.25, -0.2) is 4.57 Å². The summed E-state index contributed by atoms with van der Waals surface area (Å²) in [6.45, 7) is 3.66. The van der Waals surface area contributed by atoms with Crippen LogP contribution in [0.4, 0.5) is 0 Å². The zero-order valence-electron chi connectivity index (χ0n) is 29.7. The van der Waals surface area contributed by atoms with Crippen molar-refractivity contribution >= 4 is 19.8 Å². The molecule has 46 heavy (non-hydrogen) atoms. The molecule has 0 unspecified atom stereocenters. The van der Waals surface area contributed by atoms with Gasteiger partial charge < -0.3 is 19.3 Å². The molecular formula is C37H71O8P. The lowest BCUT2D eigenvalue weighted by atomic mass is 10.0. The fourth-order valence-electron chi connectivity index (χ4n) is 5.43. The Balaban J connectivity index is 3.94. The number of phosphoric ester groups is 1. The largest absolute Gasteiger partial charge is 0.469 e. The molecule has 0 aromatic heterocycles. The van der Waals surface area contributed by atoms with E-state index in [0.29, 0.717) is 6.42 Å². The predicted octanol–water partition coefficient (Wildman–Crippen LogP) is 11.1. The monoisotopic (exact) mass is 674 g/mol. The molecule has 0 bridgehead atoms. The van der Waals surface area contributed by atoms with Crippen molar-refractivity contribution in [1.29, 1.82) is 0 Å². The Morgan fingerprint density at radius 1 is 0.543 bits per heavy atom. The highest BCUT2D eigenvalue weighted by atomic mass is 31.2. The minimum absolute atomic E-state index is 0.206. The SMILES string of the molecule is CCCCCC/C=C\CCCCCCCC(=O)O[C@H](COC(=O)CCCCCCCCCCCCCCCCC)COP(=O)(O)O. The zero-order valence-corrected chi connectivity index (χ0v) is 30.6. The summed E-state index contributed by atoms with van der Waals surface area (Å²) < 4.78 is 26.3. The van der Waals surface area contributed by atoms with Crippen molar-refractivity contribution < 1.29 is 37.9 Å². The first-order valence-corrected chi connectivity index (χ1v) is 20.5. The Hall–Kier alpha value is -1.21. The molecule has 8 nitrogen and oxygen atoms in total. The highest BCUT2D eigenvalue weighted by molar-refractivity contribution is 7.46. The van der Waals surface area contributed by atoms with Crippen molar-refractivity contribution in [2.75, 3.05) is 13.2 Å². The van der Waals surface area contributed by atoms with Crippen LogP contribution in [0.25, 0.3) is 0 Å². The average molecular weight is 675 g/mol. The van der Waals surface area contributed by atoms with E-state index >= 15 is 0 Å². The van der Waals surface area contributed by atoms with E-state index in [2.05, 4.69) is 30.5 Å². The quantitative estimate of drug-likeness (QED) is 0.0295. The van der Waals surface area contributed by atoms with Crippen molar-refractivity contribution in [2.24, 2.45) is 0 Å². The van der Waals surface area contributed by atoms with E-state index in [1.165, 1.54) is 109 Å². The van der Waals surface area contributed by atoms with Gasteiger partial charge in [0, 0.05) is 12.8 Å². The lowest BCUT2D eigenvalue weighted by Gasteiger charge is -2.18. The molecule has 2 N–H and O–H groups in total. The lowest BCUT2D eigenvalue weighted by molar-refractivity contribution is -0.161. The van der Waals surface area contributed by atoms with Crippen LogP contribution in [0.15, 0.2) is 12.2 Å². The molecule has 0 spiro atoms. The Kier molecular flexibility index (Phi) is 32.8. The van der Waals surface area contributed by atoms with E-state index in [9.17, 15) is 14.2 Å². The van der Waals surface area contributed by atoms with Crippen molar-refractivity contribution in [2.45, 2.75) is 200 Å². The lowest BCUT2D eigenvalue weighted by Crippen LogP contribution is -2.29. The molecule has 0 fully saturated rings. The van der Waals surface area contributed by atoms with E-state index in [1.54, 1.807) is 0 Å². The molecule has 0 rings (SSSR count). The van der Waals surface area contributed by atoms with E-state index in [-0.39, 0.29) is 19.4 Å². The minimum Gasteiger partial charge on any atom is -0.462 e. The summed E-state index contributed by atoms with van der Waals surface area (Å²) in [4.78, 5) is 42.7. The fourth-order valence-corrected chi connectivity index (χ4v) is 5.79. The van der Waals surface area contributed by atoms with Crippen LogP contribution in [0.3, 0.4) is 0 Å². The Morgan fingerprint density at radius 3 is 1.35 bits per heavy atom. The minimum atomic E-state index is -4.74. The summed E-state index contributed by atoms with van der Waals surface area (Å²) in [6.07, 6.45) is 35.0. The summed E-state index contributed by atoms with van der Waals surface area (Å²) in [5, 5.41) is 0. The van der Waals surface area contributed by atoms with Gasteiger partial charge in [0.2, 0.25) is 0 Å². The molecule has 0 aliphatic rings. The summed E-state index contributed by atoms with van der Waals surface area (Å²) in [5.74, 6) is -0.887. The number of esters is 2. The summed E-state index contributed by atoms with van der Waals surface area (Å²) in [5.41, 5.74) is 0. The van der Waals surface area contributed by atoms with Crippen LogP contribution in [0, 0.1) is 0 Å². The number of hydrogen-bond acceptors (Lipinski definition) is 6. The van der Waals surface area contributed by atoms with Gasteiger partial charge in [0.1, 0.15) is 6.61 Å². The van der Waals surface area contributed by atoms with Gasteiger partial charge >= 0.3 is 19.8 Å². The number of carbonyl (C=O) groups excluding carboxylic acids is 2. The predicted molar refractivity (Wildman–Crippen MR) is 189 cm³/mol. The van der Waals surface area contributed by atoms with E-state index in [4.69, 9.17) is 19.3 Å². The molecular weight excluding hydrogens is 603 g/mol. The van der Waals surface area contributed by atoms with Crippen LogP contribution >= 0.6 is 7.82 Å². The number of phosphoric acid groups is 1. The van der Waals surface area contributed by atoms with Crippen LogP contribution in [-0.4, -0.2) is 41.0 Å². The highest BCUT2D eigenvalue weighted by Gasteiger charge is 2.22. The Labute approximate surface area is 282 Å². The second-order valence-electron chi connectivity index (χ2n) is 12.9. The third-order valence-corrected chi connectivity index (χ3v) is 8.77. The van der Waals surface area contributed by atoms with E-state index in [1.807, 2.05) is 0 Å². The molecule has 0 saturated heterocycles. The van der Waals surface area contributed by atoms with Gasteiger partial charge in [0.15, 0.2) is 6.10 Å². The maximum atomic E-state index is 12.3. The summed E-state index contributed by atoms with van der Waals surface area (Å²) >= 11 is 0. The van der Waals surface area contributed by atoms with Crippen LogP contribution in [0.1, 0.15) is 194 Å². The van der Waals surface area contributed by atoms with Gasteiger partial charge in [-0.2, -0.15) is 0 Å². The Morgan fingerprint density at radius 2 is 0.913 bits per heavy atom. The third-order valence-electron chi connectivity index (χ3n) is 8.28. The van der Waals surface area contributed by atoms with Gasteiger partial charge in [-0.1, -0.05) is 154 Å². The second-order valence-corrected chi connectivity index (χ2v) is 14.1. The normalized spacial score (nSPS) is 12.5. The molecule has 0 radical (unpaired) electrons. The molecule has 0 aliphatic carbocycles. The number of rotatable bonds is 35. The van der Waals surface area contributed by atoms with Gasteiger partial charge in [-0.15, -0.1) is 0 Å². The molecule has 9 heteroatoms. The van der Waals surface area contributed by atoms with Crippen LogP contribution in [0.5, 0.6) is 0 Å². The number of allylic oxidation sites excluding steroid dienone is 2. The standard InChI is InChI=1S/C37H71O8P/c1-3-5-7-9-11-13-15-17-18-20-21-23-25-27-29-31-36(38)43-33-35(34-44-46(40,41)42)45-37(39)32-30-28-26-24-22-19-16-14-12-10-8-6-4-2/h14,16,35H,3-13,15,17-34H2,1-2H3,(H2,40,41,42)/b16-14-/t35-/m1/s1. The first-order chi connectivity index (χ1) is 22.3. The molecule has 0 saturated carbocycles. The maximum absolute atomic E-state index is 12.3. The smallest absolute Gasteiger partial charge is 0.462 e. The topological polar surface area (TPSA) is 119 Å². The first-order valence-electron chi connectivity index (χ1n) is 19.0. The van der Waals surface area contributed by atoms with Crippen LogP contribution in [0.2, 0.25) is 0 Å². The maximum Gasteiger partial charge on any atom is 0.469 e. The molecule has 1 atom stereocenters. The van der Waals surface area contributed by atoms with E-state index in [0.717, 1.165) is 51.4 Å². The van der Waals surface area contributed by atoms with Crippen LogP contribution < -0.4 is 0 Å². The molecule has 0 aromatic carbocycles. The Bertz CT molecular complexity index is 766. The molecule has 0 aromatic rings. The van der Waals surface area contributed by atoms with Gasteiger partial charge in [0.25, 0.3) is 0 Å². The molecule has 272 valence electrons. The highest BCUT2D eigenvalue weighted by Crippen LogP contribution is 2.36. The number of unbranched alkanes of at least 4 members (excludes halogenated alkanes) is 23. The third kappa shape index (κ3) is 35.6. The van der Waals surface area contributed by atoms with Crippen molar-refractivity contribution in [3.05, 3.63) is 12.2 Å². The summed E-state index contributed by atoms with van der Waals surface area (Å²) in [7, 11) is -4.74. The van der Waals surface area contributed by atoms with Crippen molar-refractivity contribution in [1.82, 2.24) is 0 Å². The first kappa shape index (κ1) is 44.8. The van der Waals surface area contributed by atoms with E-state index < -0.39 is 32.5 Å². The number of hydrogen-bond donors (Lipinski definition) is 2. The van der Waals surface area contributed by atoms with Crippen molar-refractivity contribution in [3.63, 3.8) is 0 Å². The molecule has 0 aliphatic heterocycles. The van der Waals surface area contributed by atoms with Gasteiger partial charge in [-0.05, 0) is 38.5 Å². The van der Waals surface area contributed by atoms with Gasteiger partial charge in [0.05, 0.1) is 6.61 Å². The second kappa shape index (κ2) is 33.7. The van der Waals surface area contributed by atoms with Crippen LogP contribution in [-0.2, 0) is 28.2 Å². The molecule has 0 heterocycles. The van der Waals surface area contributed by atoms with Crippen molar-refractivity contribution in [3.8, 4) is 0 Å². The number of carbonyl (C=O) groups is 2. The zero-order chi connectivity index (χ0) is 34.0.